The number of amides is 1. The number of hydrogen-bond acceptors (Lipinski definition) is 7. The number of anilines is 2. The molecule has 150 valence electrons. The van der Waals surface area contributed by atoms with Crippen LogP contribution in [0.25, 0.3) is 0 Å². The maximum absolute atomic E-state index is 12.0. The number of nitrogens with one attached hydrogen (secondary N) is 2. The van der Waals surface area contributed by atoms with E-state index in [9.17, 15) is 9.59 Å². The Labute approximate surface area is 164 Å². The molecule has 0 aliphatic carbocycles. The van der Waals surface area contributed by atoms with Gasteiger partial charge in [-0.1, -0.05) is 0 Å². The third-order valence-corrected chi connectivity index (χ3v) is 4.58. The van der Waals surface area contributed by atoms with Gasteiger partial charge in [-0.15, -0.1) is 0 Å². The van der Waals surface area contributed by atoms with Crippen LogP contribution in [0.3, 0.4) is 0 Å². The van der Waals surface area contributed by atoms with Crippen LogP contribution in [0.2, 0.25) is 0 Å². The average Bonchev–Trinajstić information content (AvgIpc) is 2.68. The number of aryl methyl sites for hydroxylation is 2. The van der Waals surface area contributed by atoms with E-state index in [-0.39, 0.29) is 18.0 Å². The van der Waals surface area contributed by atoms with Gasteiger partial charge in [-0.05, 0) is 33.1 Å². The molecule has 3 rings (SSSR count). The first-order valence-electron chi connectivity index (χ1n) is 9.65. The maximum Gasteiger partial charge on any atom is 0.253 e. The summed E-state index contributed by atoms with van der Waals surface area (Å²) in [5.41, 5.74) is 1.31. The number of hydrogen-bond donors (Lipinski definition) is 2. The SMILES string of the molecule is Cc1cc(=O)n(CC(=O)NCCNc2nc(C)cc(N3CCCCC3)n2)cn1. The zero-order valence-corrected chi connectivity index (χ0v) is 16.4. The lowest BCUT2D eigenvalue weighted by molar-refractivity contribution is -0.121. The maximum atomic E-state index is 12.0. The lowest BCUT2D eigenvalue weighted by Gasteiger charge is -2.28. The highest BCUT2D eigenvalue weighted by Crippen LogP contribution is 2.19. The van der Waals surface area contributed by atoms with Crippen molar-refractivity contribution in [3.05, 3.63) is 40.2 Å². The van der Waals surface area contributed by atoms with Gasteiger partial charge >= 0.3 is 0 Å². The van der Waals surface area contributed by atoms with Crippen molar-refractivity contribution in [2.24, 2.45) is 0 Å². The van der Waals surface area contributed by atoms with Gasteiger partial charge in [0, 0.05) is 49.7 Å². The lowest BCUT2D eigenvalue weighted by Crippen LogP contribution is -2.35. The smallest absolute Gasteiger partial charge is 0.253 e. The molecule has 0 saturated carbocycles. The first-order valence-corrected chi connectivity index (χ1v) is 9.65. The van der Waals surface area contributed by atoms with Crippen molar-refractivity contribution in [1.29, 1.82) is 0 Å². The summed E-state index contributed by atoms with van der Waals surface area (Å²) >= 11 is 0. The number of rotatable bonds is 7. The molecule has 1 amide bonds. The number of carbonyl (C=O) groups excluding carboxylic acids is 1. The van der Waals surface area contributed by atoms with Crippen LogP contribution in [0.5, 0.6) is 0 Å². The molecule has 2 N–H and O–H groups in total. The number of carbonyl (C=O) groups is 1. The predicted octanol–water partition coefficient (Wildman–Crippen LogP) is 0.869. The Balaban J connectivity index is 1.47. The Bertz CT molecular complexity index is 875. The molecule has 2 aromatic heterocycles. The zero-order chi connectivity index (χ0) is 19.9. The van der Waals surface area contributed by atoms with Gasteiger partial charge in [-0.25, -0.2) is 9.97 Å². The second-order valence-corrected chi connectivity index (χ2v) is 7.01. The summed E-state index contributed by atoms with van der Waals surface area (Å²) in [5, 5.41) is 5.94. The highest BCUT2D eigenvalue weighted by Gasteiger charge is 2.13. The summed E-state index contributed by atoms with van der Waals surface area (Å²) < 4.78 is 1.28. The van der Waals surface area contributed by atoms with Crippen molar-refractivity contribution in [2.75, 3.05) is 36.4 Å². The van der Waals surface area contributed by atoms with Gasteiger partial charge in [0.25, 0.3) is 5.56 Å². The molecule has 28 heavy (non-hydrogen) atoms. The largest absolute Gasteiger partial charge is 0.356 e. The van der Waals surface area contributed by atoms with Crippen LogP contribution >= 0.6 is 0 Å². The summed E-state index contributed by atoms with van der Waals surface area (Å²) in [6, 6.07) is 3.41. The van der Waals surface area contributed by atoms with E-state index < -0.39 is 0 Å². The van der Waals surface area contributed by atoms with Crippen LogP contribution < -0.4 is 21.1 Å². The third kappa shape index (κ3) is 5.51. The monoisotopic (exact) mass is 385 g/mol. The summed E-state index contributed by atoms with van der Waals surface area (Å²) in [5.74, 6) is 1.27. The van der Waals surface area contributed by atoms with Gasteiger partial charge in [0.1, 0.15) is 12.4 Å². The molecule has 9 nitrogen and oxygen atoms in total. The van der Waals surface area contributed by atoms with E-state index in [0.29, 0.717) is 24.7 Å². The third-order valence-electron chi connectivity index (χ3n) is 4.58. The molecule has 0 radical (unpaired) electrons. The van der Waals surface area contributed by atoms with E-state index in [1.807, 2.05) is 13.0 Å². The summed E-state index contributed by atoms with van der Waals surface area (Å²) in [6.07, 6.45) is 5.04. The van der Waals surface area contributed by atoms with Gasteiger partial charge in [0.15, 0.2) is 0 Å². The number of nitrogens with zero attached hydrogens (tertiary/aromatic N) is 5. The van der Waals surface area contributed by atoms with E-state index in [2.05, 4.69) is 30.5 Å². The predicted molar refractivity (Wildman–Crippen MR) is 108 cm³/mol. The lowest BCUT2D eigenvalue weighted by atomic mass is 10.1. The second-order valence-electron chi connectivity index (χ2n) is 7.01. The van der Waals surface area contributed by atoms with Crippen molar-refractivity contribution in [2.45, 2.75) is 39.7 Å². The number of aromatic nitrogens is 4. The van der Waals surface area contributed by atoms with Crippen molar-refractivity contribution < 1.29 is 4.79 Å². The first kappa shape index (κ1) is 19.8. The minimum absolute atomic E-state index is 0.0494. The molecule has 0 aromatic carbocycles. The average molecular weight is 385 g/mol. The molecule has 9 heteroatoms. The Hall–Kier alpha value is -2.97. The molecule has 3 heterocycles. The molecule has 1 fully saturated rings. The van der Waals surface area contributed by atoms with Gasteiger partial charge < -0.3 is 15.5 Å². The quantitative estimate of drug-likeness (QED) is 0.681. The molecular formula is C19H27N7O2. The van der Waals surface area contributed by atoms with E-state index in [1.54, 1.807) is 6.92 Å². The molecule has 0 spiro atoms. The zero-order valence-electron chi connectivity index (χ0n) is 16.4. The van der Waals surface area contributed by atoms with Crippen LogP contribution in [-0.4, -0.2) is 51.6 Å². The molecule has 1 saturated heterocycles. The molecule has 0 bridgehead atoms. The van der Waals surface area contributed by atoms with Gasteiger partial charge in [-0.3, -0.25) is 14.2 Å². The Morgan fingerprint density at radius 1 is 1.07 bits per heavy atom. The van der Waals surface area contributed by atoms with Crippen molar-refractivity contribution >= 4 is 17.7 Å². The molecule has 0 atom stereocenters. The van der Waals surface area contributed by atoms with E-state index in [1.165, 1.54) is 36.2 Å². The highest BCUT2D eigenvalue weighted by molar-refractivity contribution is 5.75. The fraction of sp³-hybridized carbons (Fsp3) is 0.526. The van der Waals surface area contributed by atoms with Crippen molar-refractivity contribution in [3.8, 4) is 0 Å². The van der Waals surface area contributed by atoms with Crippen molar-refractivity contribution in [1.82, 2.24) is 24.8 Å². The van der Waals surface area contributed by atoms with Gasteiger partial charge in [-0.2, -0.15) is 4.98 Å². The van der Waals surface area contributed by atoms with Crippen LogP contribution in [0.4, 0.5) is 11.8 Å². The Morgan fingerprint density at radius 3 is 2.61 bits per heavy atom. The Morgan fingerprint density at radius 2 is 1.86 bits per heavy atom. The van der Waals surface area contributed by atoms with E-state index in [4.69, 9.17) is 0 Å². The highest BCUT2D eigenvalue weighted by atomic mass is 16.2. The summed E-state index contributed by atoms with van der Waals surface area (Å²) in [7, 11) is 0. The Kier molecular flexibility index (Phi) is 6.57. The molecule has 1 aliphatic rings. The molecule has 2 aromatic rings. The molecule has 0 unspecified atom stereocenters. The minimum Gasteiger partial charge on any atom is -0.356 e. The first-order chi connectivity index (χ1) is 13.5. The van der Waals surface area contributed by atoms with E-state index in [0.717, 1.165) is 24.6 Å². The summed E-state index contributed by atoms with van der Waals surface area (Å²) in [6.45, 7) is 6.60. The fourth-order valence-electron chi connectivity index (χ4n) is 3.14. The van der Waals surface area contributed by atoms with Crippen LogP contribution in [-0.2, 0) is 11.3 Å². The topological polar surface area (TPSA) is 105 Å². The van der Waals surface area contributed by atoms with Crippen LogP contribution in [0.15, 0.2) is 23.3 Å². The normalized spacial score (nSPS) is 14.0. The van der Waals surface area contributed by atoms with Crippen molar-refractivity contribution in [3.63, 3.8) is 0 Å². The van der Waals surface area contributed by atoms with Gasteiger partial charge in [0.2, 0.25) is 11.9 Å². The van der Waals surface area contributed by atoms with Crippen LogP contribution in [0.1, 0.15) is 30.7 Å². The van der Waals surface area contributed by atoms with Gasteiger partial charge in [0.05, 0.1) is 6.33 Å². The fourth-order valence-corrected chi connectivity index (χ4v) is 3.14. The van der Waals surface area contributed by atoms with E-state index >= 15 is 0 Å². The molecular weight excluding hydrogens is 358 g/mol. The standard InChI is InChI=1S/C19H27N7O2/c1-14-11-18(28)26(13-22-14)12-17(27)20-6-7-21-19-23-15(2)10-16(24-19)25-8-4-3-5-9-25/h10-11,13H,3-9,12H2,1-2H3,(H,20,27)(H,21,23,24). The summed E-state index contributed by atoms with van der Waals surface area (Å²) in [4.78, 5) is 39.1. The van der Waals surface area contributed by atoms with Crippen LogP contribution in [0, 0.1) is 13.8 Å². The molecule has 1 aliphatic heterocycles. The minimum atomic E-state index is -0.242. The number of piperidine rings is 1. The second kappa shape index (κ2) is 9.29.